The first-order valence-corrected chi connectivity index (χ1v) is 9.03. The van der Waals surface area contributed by atoms with Gasteiger partial charge in [-0.25, -0.2) is 4.79 Å². The molecule has 1 aromatic carbocycles. The van der Waals surface area contributed by atoms with Crippen LogP contribution in [0.25, 0.3) is 0 Å². The monoisotopic (exact) mass is 345 g/mol. The number of benzene rings is 1. The van der Waals surface area contributed by atoms with Crippen LogP contribution in [0.15, 0.2) is 24.3 Å². The highest BCUT2D eigenvalue weighted by atomic mass is 16.5. The van der Waals surface area contributed by atoms with Gasteiger partial charge in [0.05, 0.1) is 12.5 Å². The number of rotatable bonds is 4. The number of carbonyl (C=O) groups is 2. The molecule has 0 radical (unpaired) electrons. The number of hydrogen-bond donors (Lipinski definition) is 1. The van der Waals surface area contributed by atoms with Gasteiger partial charge in [-0.05, 0) is 43.9 Å². The van der Waals surface area contributed by atoms with Crippen LogP contribution in [-0.4, -0.2) is 55.0 Å². The molecule has 3 rings (SSSR count). The van der Waals surface area contributed by atoms with Gasteiger partial charge in [-0.2, -0.15) is 0 Å². The molecule has 6 heteroatoms. The molecule has 0 bridgehead atoms. The number of methoxy groups -OCH3 is 1. The van der Waals surface area contributed by atoms with E-state index in [9.17, 15) is 9.59 Å². The zero-order valence-electron chi connectivity index (χ0n) is 15.1. The Morgan fingerprint density at radius 2 is 2.16 bits per heavy atom. The van der Waals surface area contributed by atoms with Crippen molar-refractivity contribution in [2.45, 2.75) is 32.7 Å². The van der Waals surface area contributed by atoms with Gasteiger partial charge in [-0.3, -0.25) is 4.79 Å². The number of nitrogens with zero attached hydrogens (tertiary/aromatic N) is 2. The minimum Gasteiger partial charge on any atom is -0.497 e. The van der Waals surface area contributed by atoms with Crippen LogP contribution in [0.1, 0.15) is 31.7 Å². The number of nitrogens with one attached hydrogen (secondary N) is 1. The number of urea groups is 1. The van der Waals surface area contributed by atoms with Gasteiger partial charge in [0.2, 0.25) is 5.91 Å². The highest BCUT2D eigenvalue weighted by Gasteiger charge is 2.49. The van der Waals surface area contributed by atoms with E-state index in [0.717, 1.165) is 37.1 Å². The van der Waals surface area contributed by atoms with Crippen LogP contribution in [-0.2, 0) is 11.3 Å². The Labute approximate surface area is 149 Å². The number of carbonyl (C=O) groups excluding carboxylic acids is 2. The summed E-state index contributed by atoms with van der Waals surface area (Å²) >= 11 is 0. The smallest absolute Gasteiger partial charge is 0.317 e. The maximum Gasteiger partial charge on any atom is 0.317 e. The maximum absolute atomic E-state index is 13.2. The molecule has 2 aliphatic heterocycles. The molecule has 2 saturated heterocycles. The summed E-state index contributed by atoms with van der Waals surface area (Å²) in [4.78, 5) is 29.0. The molecule has 2 fully saturated rings. The van der Waals surface area contributed by atoms with Gasteiger partial charge in [-0.1, -0.05) is 12.1 Å². The molecule has 2 aliphatic rings. The SMILES string of the molecule is CCNC(=O)N1CC[C@]2(CCCN(Cc3cccc(OC)c3)C2=O)C1. The summed E-state index contributed by atoms with van der Waals surface area (Å²) < 4.78 is 5.27. The predicted molar refractivity (Wildman–Crippen MR) is 95.3 cm³/mol. The van der Waals surface area contributed by atoms with E-state index in [4.69, 9.17) is 4.74 Å². The molecule has 1 spiro atoms. The Hall–Kier alpha value is -2.24. The fraction of sp³-hybridized carbons (Fsp3) is 0.579. The van der Waals surface area contributed by atoms with Crippen LogP contribution in [0.2, 0.25) is 0 Å². The summed E-state index contributed by atoms with van der Waals surface area (Å²) in [5.41, 5.74) is 0.672. The lowest BCUT2D eigenvalue weighted by Gasteiger charge is -2.39. The molecular weight excluding hydrogens is 318 g/mol. The van der Waals surface area contributed by atoms with Crippen LogP contribution in [0.5, 0.6) is 5.75 Å². The van der Waals surface area contributed by atoms with E-state index in [1.165, 1.54) is 0 Å². The van der Waals surface area contributed by atoms with Crippen molar-refractivity contribution in [1.82, 2.24) is 15.1 Å². The average Bonchev–Trinajstić information content (AvgIpc) is 3.05. The second-order valence-corrected chi connectivity index (χ2v) is 6.97. The number of ether oxygens (including phenoxy) is 1. The highest BCUT2D eigenvalue weighted by Crippen LogP contribution is 2.40. The first-order chi connectivity index (χ1) is 12.1. The Morgan fingerprint density at radius 1 is 1.32 bits per heavy atom. The number of piperidine rings is 1. The van der Waals surface area contributed by atoms with Gasteiger partial charge < -0.3 is 19.9 Å². The lowest BCUT2D eigenvalue weighted by Crippen LogP contribution is -2.50. The van der Waals surface area contributed by atoms with E-state index in [2.05, 4.69) is 5.32 Å². The van der Waals surface area contributed by atoms with Gasteiger partial charge in [0.15, 0.2) is 0 Å². The molecule has 2 heterocycles. The molecular formula is C19H27N3O3. The molecule has 6 nitrogen and oxygen atoms in total. The fourth-order valence-corrected chi connectivity index (χ4v) is 3.98. The first-order valence-electron chi connectivity index (χ1n) is 9.03. The van der Waals surface area contributed by atoms with Crippen molar-refractivity contribution in [3.05, 3.63) is 29.8 Å². The van der Waals surface area contributed by atoms with Crippen LogP contribution in [0.3, 0.4) is 0 Å². The number of amides is 3. The first kappa shape index (κ1) is 17.6. The van der Waals surface area contributed by atoms with Gasteiger partial charge in [0.1, 0.15) is 5.75 Å². The minimum absolute atomic E-state index is 0.0582. The summed E-state index contributed by atoms with van der Waals surface area (Å²) in [7, 11) is 1.65. The molecule has 136 valence electrons. The molecule has 1 atom stereocenters. The third-order valence-electron chi connectivity index (χ3n) is 5.30. The third kappa shape index (κ3) is 3.57. The summed E-state index contributed by atoms with van der Waals surface area (Å²) in [6, 6.07) is 7.79. The molecule has 0 saturated carbocycles. The van der Waals surface area contributed by atoms with Gasteiger partial charge in [-0.15, -0.1) is 0 Å². The van der Waals surface area contributed by atoms with Gasteiger partial charge in [0, 0.05) is 32.7 Å². The average molecular weight is 345 g/mol. The standard InChI is InChI=1S/C19H27N3O3/c1-3-20-18(24)22-11-9-19(14-22)8-5-10-21(17(19)23)13-15-6-4-7-16(12-15)25-2/h4,6-7,12H,3,5,8-11,13-14H2,1-2H3,(H,20,24)/t19-/m1/s1. The van der Waals surface area contributed by atoms with Crippen molar-refractivity contribution in [1.29, 1.82) is 0 Å². The zero-order chi connectivity index (χ0) is 17.9. The van der Waals surface area contributed by atoms with Gasteiger partial charge >= 0.3 is 6.03 Å². The summed E-state index contributed by atoms with van der Waals surface area (Å²) in [5, 5.41) is 2.84. The van der Waals surface area contributed by atoms with Crippen molar-refractivity contribution < 1.29 is 14.3 Å². The van der Waals surface area contributed by atoms with E-state index in [-0.39, 0.29) is 11.9 Å². The predicted octanol–water partition coefficient (Wildman–Crippen LogP) is 2.24. The second-order valence-electron chi connectivity index (χ2n) is 6.97. The van der Waals surface area contributed by atoms with E-state index < -0.39 is 5.41 Å². The van der Waals surface area contributed by atoms with Gasteiger partial charge in [0.25, 0.3) is 0 Å². The second kappa shape index (κ2) is 7.33. The lowest BCUT2D eigenvalue weighted by atomic mass is 9.78. The van der Waals surface area contributed by atoms with Crippen LogP contribution < -0.4 is 10.1 Å². The number of likely N-dealkylation sites (tertiary alicyclic amines) is 2. The lowest BCUT2D eigenvalue weighted by molar-refractivity contribution is -0.146. The molecule has 3 amide bonds. The Bertz CT molecular complexity index is 649. The van der Waals surface area contributed by atoms with E-state index >= 15 is 0 Å². The minimum atomic E-state index is -0.401. The summed E-state index contributed by atoms with van der Waals surface area (Å²) in [5.74, 6) is 0.994. The van der Waals surface area contributed by atoms with E-state index in [1.54, 1.807) is 12.0 Å². The fourth-order valence-electron chi connectivity index (χ4n) is 3.98. The Balaban J connectivity index is 1.70. The van der Waals surface area contributed by atoms with Crippen molar-refractivity contribution in [2.75, 3.05) is 33.3 Å². The largest absolute Gasteiger partial charge is 0.497 e. The van der Waals surface area contributed by atoms with Crippen molar-refractivity contribution >= 4 is 11.9 Å². The van der Waals surface area contributed by atoms with E-state index in [1.807, 2.05) is 36.1 Å². The molecule has 1 aromatic rings. The van der Waals surface area contributed by atoms with E-state index in [0.29, 0.717) is 26.2 Å². The Morgan fingerprint density at radius 3 is 2.92 bits per heavy atom. The Kier molecular flexibility index (Phi) is 5.16. The molecule has 0 aliphatic carbocycles. The third-order valence-corrected chi connectivity index (χ3v) is 5.30. The zero-order valence-corrected chi connectivity index (χ0v) is 15.1. The van der Waals surface area contributed by atoms with Crippen LogP contribution >= 0.6 is 0 Å². The van der Waals surface area contributed by atoms with Crippen LogP contribution in [0.4, 0.5) is 4.79 Å². The van der Waals surface area contributed by atoms with Crippen molar-refractivity contribution in [2.24, 2.45) is 5.41 Å². The normalized spacial score (nSPS) is 23.2. The van der Waals surface area contributed by atoms with Crippen LogP contribution in [0, 0.1) is 5.41 Å². The molecule has 0 aromatic heterocycles. The molecule has 0 unspecified atom stereocenters. The summed E-state index contributed by atoms with van der Waals surface area (Å²) in [6.45, 7) is 5.08. The highest BCUT2D eigenvalue weighted by molar-refractivity contribution is 5.85. The molecule has 1 N–H and O–H groups in total. The van der Waals surface area contributed by atoms with Crippen molar-refractivity contribution in [3.63, 3.8) is 0 Å². The quantitative estimate of drug-likeness (QED) is 0.910. The summed E-state index contributed by atoms with van der Waals surface area (Å²) in [6.07, 6.45) is 2.62. The molecule has 25 heavy (non-hydrogen) atoms. The topological polar surface area (TPSA) is 61.9 Å². The number of hydrogen-bond acceptors (Lipinski definition) is 3. The maximum atomic E-state index is 13.2. The van der Waals surface area contributed by atoms with Crippen molar-refractivity contribution in [3.8, 4) is 5.75 Å².